The molecule has 0 bridgehead atoms. The van der Waals surface area contributed by atoms with Crippen LogP contribution in [0.2, 0.25) is 0 Å². The molecule has 0 spiro atoms. The van der Waals surface area contributed by atoms with E-state index in [9.17, 15) is 0 Å². The first-order chi connectivity index (χ1) is 9.35. The van der Waals surface area contributed by atoms with Gasteiger partial charge in [-0.25, -0.2) is 0 Å². The van der Waals surface area contributed by atoms with E-state index in [0.29, 0.717) is 6.04 Å². The first kappa shape index (κ1) is 13.0. The van der Waals surface area contributed by atoms with Crippen LogP contribution in [0.1, 0.15) is 44.6 Å². The number of hydrogen-bond donors (Lipinski definition) is 1. The minimum absolute atomic E-state index is 0.682. The fourth-order valence-electron chi connectivity index (χ4n) is 3.22. The predicted molar refractivity (Wildman–Crippen MR) is 81.4 cm³/mol. The summed E-state index contributed by atoms with van der Waals surface area (Å²) in [7, 11) is 0. The molecule has 1 saturated carbocycles. The summed E-state index contributed by atoms with van der Waals surface area (Å²) in [5, 5.41) is 3.74. The summed E-state index contributed by atoms with van der Waals surface area (Å²) in [4.78, 5) is 2.57. The zero-order chi connectivity index (χ0) is 13.1. The Morgan fingerprint density at radius 1 is 1.26 bits per heavy atom. The summed E-state index contributed by atoms with van der Waals surface area (Å²) in [6.45, 7) is 5.97. The van der Waals surface area contributed by atoms with E-state index in [4.69, 9.17) is 0 Å². The number of benzene rings is 1. The molecule has 2 aliphatic rings. The molecule has 1 saturated heterocycles. The molecule has 2 heteroatoms. The average molecular weight is 258 g/mol. The van der Waals surface area contributed by atoms with Crippen molar-refractivity contribution in [3.05, 3.63) is 29.8 Å². The fraction of sp³-hybridized carbons (Fsp3) is 0.647. The molecule has 0 aromatic heterocycles. The van der Waals surface area contributed by atoms with E-state index in [1.54, 1.807) is 0 Å². The number of likely N-dealkylation sites (tertiary alicyclic amines) is 1. The Bertz CT molecular complexity index is 405. The average Bonchev–Trinajstić information content (AvgIpc) is 3.15. The van der Waals surface area contributed by atoms with Crippen LogP contribution in [0.3, 0.4) is 0 Å². The van der Waals surface area contributed by atoms with Crippen LogP contribution in [-0.4, -0.2) is 24.0 Å². The Balaban J connectivity index is 1.61. The SMILES string of the molecule is CCC(Nc1cccc(CN2CCCC2)c1)C1CC1. The van der Waals surface area contributed by atoms with Crippen molar-refractivity contribution < 1.29 is 0 Å². The third-order valence-corrected chi connectivity index (χ3v) is 4.51. The molecular formula is C17H26N2. The summed E-state index contributed by atoms with van der Waals surface area (Å²) >= 11 is 0. The summed E-state index contributed by atoms with van der Waals surface area (Å²) in [6.07, 6.45) is 6.81. The van der Waals surface area contributed by atoms with Crippen LogP contribution in [0.15, 0.2) is 24.3 Å². The highest BCUT2D eigenvalue weighted by Crippen LogP contribution is 2.35. The van der Waals surface area contributed by atoms with Gasteiger partial charge in [-0.2, -0.15) is 0 Å². The van der Waals surface area contributed by atoms with Gasteiger partial charge in [-0.3, -0.25) is 4.90 Å². The molecule has 3 rings (SSSR count). The lowest BCUT2D eigenvalue weighted by Gasteiger charge is -2.19. The van der Waals surface area contributed by atoms with Crippen molar-refractivity contribution in [1.82, 2.24) is 4.90 Å². The van der Waals surface area contributed by atoms with E-state index in [0.717, 1.165) is 12.5 Å². The second kappa shape index (κ2) is 5.96. The smallest absolute Gasteiger partial charge is 0.0345 e. The van der Waals surface area contributed by atoms with Gasteiger partial charge in [0.2, 0.25) is 0 Å². The lowest BCUT2D eigenvalue weighted by molar-refractivity contribution is 0.331. The molecule has 1 heterocycles. The standard InChI is InChI=1S/C17H26N2/c1-2-17(15-8-9-15)18-16-7-5-6-14(12-16)13-19-10-3-4-11-19/h5-7,12,15,17-18H,2-4,8-11,13H2,1H3. The molecule has 0 amide bonds. The molecule has 0 radical (unpaired) electrons. The van der Waals surface area contributed by atoms with Gasteiger partial charge in [0, 0.05) is 18.3 Å². The van der Waals surface area contributed by atoms with E-state index in [2.05, 4.69) is 41.4 Å². The van der Waals surface area contributed by atoms with Crippen LogP contribution >= 0.6 is 0 Å². The van der Waals surface area contributed by atoms with Crippen LogP contribution in [0.5, 0.6) is 0 Å². The maximum absolute atomic E-state index is 3.74. The van der Waals surface area contributed by atoms with Gasteiger partial charge in [-0.05, 0) is 68.8 Å². The van der Waals surface area contributed by atoms with E-state index in [1.807, 2.05) is 0 Å². The van der Waals surface area contributed by atoms with Gasteiger partial charge in [-0.1, -0.05) is 19.1 Å². The van der Waals surface area contributed by atoms with E-state index >= 15 is 0 Å². The zero-order valence-electron chi connectivity index (χ0n) is 12.1. The van der Waals surface area contributed by atoms with Crippen molar-refractivity contribution in [2.75, 3.05) is 18.4 Å². The number of hydrogen-bond acceptors (Lipinski definition) is 2. The highest BCUT2D eigenvalue weighted by molar-refractivity contribution is 5.46. The van der Waals surface area contributed by atoms with Crippen molar-refractivity contribution in [3.63, 3.8) is 0 Å². The molecule has 1 unspecified atom stereocenters. The zero-order valence-corrected chi connectivity index (χ0v) is 12.1. The third kappa shape index (κ3) is 3.50. The maximum atomic E-state index is 3.74. The monoisotopic (exact) mass is 258 g/mol. The molecule has 104 valence electrons. The van der Waals surface area contributed by atoms with Crippen molar-refractivity contribution in [1.29, 1.82) is 0 Å². The summed E-state index contributed by atoms with van der Waals surface area (Å²) in [5.74, 6) is 0.923. The molecule has 1 aliphatic carbocycles. The van der Waals surface area contributed by atoms with Crippen molar-refractivity contribution in [2.24, 2.45) is 5.92 Å². The van der Waals surface area contributed by atoms with Gasteiger partial charge >= 0.3 is 0 Å². The third-order valence-electron chi connectivity index (χ3n) is 4.51. The van der Waals surface area contributed by atoms with E-state index < -0.39 is 0 Å². The van der Waals surface area contributed by atoms with E-state index in [1.165, 1.54) is 56.4 Å². The maximum Gasteiger partial charge on any atom is 0.0345 e. The summed E-state index contributed by atoms with van der Waals surface area (Å²) < 4.78 is 0. The van der Waals surface area contributed by atoms with Gasteiger partial charge in [0.1, 0.15) is 0 Å². The molecule has 2 nitrogen and oxygen atoms in total. The molecule has 2 fully saturated rings. The lowest BCUT2D eigenvalue weighted by atomic mass is 10.1. The van der Waals surface area contributed by atoms with Crippen molar-refractivity contribution in [2.45, 2.75) is 51.6 Å². The molecule has 19 heavy (non-hydrogen) atoms. The van der Waals surface area contributed by atoms with Gasteiger partial charge in [0.15, 0.2) is 0 Å². The molecule has 1 aromatic rings. The summed E-state index contributed by atoms with van der Waals surface area (Å²) in [6, 6.07) is 9.72. The van der Waals surface area contributed by atoms with Crippen molar-refractivity contribution >= 4 is 5.69 Å². The highest BCUT2D eigenvalue weighted by Gasteiger charge is 2.29. The predicted octanol–water partition coefficient (Wildman–Crippen LogP) is 3.88. The van der Waals surface area contributed by atoms with E-state index in [-0.39, 0.29) is 0 Å². The molecule has 1 aromatic carbocycles. The second-order valence-corrected chi connectivity index (χ2v) is 6.18. The quantitative estimate of drug-likeness (QED) is 0.833. The number of rotatable bonds is 6. The van der Waals surface area contributed by atoms with Gasteiger partial charge in [-0.15, -0.1) is 0 Å². The topological polar surface area (TPSA) is 15.3 Å². The fourth-order valence-corrected chi connectivity index (χ4v) is 3.22. The van der Waals surface area contributed by atoms with Crippen LogP contribution in [0.25, 0.3) is 0 Å². The second-order valence-electron chi connectivity index (χ2n) is 6.18. The minimum Gasteiger partial charge on any atom is -0.382 e. The molecular weight excluding hydrogens is 232 g/mol. The van der Waals surface area contributed by atoms with Crippen molar-refractivity contribution in [3.8, 4) is 0 Å². The Hall–Kier alpha value is -1.02. The van der Waals surface area contributed by atoms with Crippen LogP contribution in [-0.2, 0) is 6.54 Å². The van der Waals surface area contributed by atoms with Crippen LogP contribution in [0.4, 0.5) is 5.69 Å². The Morgan fingerprint density at radius 3 is 2.74 bits per heavy atom. The molecule has 1 aliphatic heterocycles. The number of nitrogens with zero attached hydrogens (tertiary/aromatic N) is 1. The Kier molecular flexibility index (Phi) is 4.07. The normalized spacial score (nSPS) is 21.5. The number of anilines is 1. The first-order valence-electron chi connectivity index (χ1n) is 7.93. The lowest BCUT2D eigenvalue weighted by Crippen LogP contribution is -2.21. The van der Waals surface area contributed by atoms with Crippen LogP contribution in [0, 0.1) is 5.92 Å². The minimum atomic E-state index is 0.682. The van der Waals surface area contributed by atoms with Gasteiger partial charge in [0.05, 0.1) is 0 Å². The number of nitrogens with one attached hydrogen (secondary N) is 1. The Labute approximate surface area is 117 Å². The largest absolute Gasteiger partial charge is 0.382 e. The first-order valence-corrected chi connectivity index (χ1v) is 7.93. The highest BCUT2D eigenvalue weighted by atomic mass is 15.1. The van der Waals surface area contributed by atoms with Crippen LogP contribution < -0.4 is 5.32 Å². The molecule has 1 N–H and O–H groups in total. The Morgan fingerprint density at radius 2 is 2.05 bits per heavy atom. The van der Waals surface area contributed by atoms with Gasteiger partial charge in [0.25, 0.3) is 0 Å². The molecule has 1 atom stereocenters. The summed E-state index contributed by atoms with van der Waals surface area (Å²) in [5.41, 5.74) is 2.77. The van der Waals surface area contributed by atoms with Gasteiger partial charge < -0.3 is 5.32 Å².